The highest BCUT2D eigenvalue weighted by atomic mass is 35.5. The number of halogens is 1. The molecule has 0 fully saturated rings. The van der Waals surface area contributed by atoms with Crippen molar-refractivity contribution in [1.29, 1.82) is 0 Å². The van der Waals surface area contributed by atoms with Crippen LogP contribution in [-0.2, 0) is 9.53 Å². The lowest BCUT2D eigenvalue weighted by Gasteiger charge is -2.14. The Balaban J connectivity index is 2.80. The van der Waals surface area contributed by atoms with Gasteiger partial charge >= 0.3 is 5.97 Å². The van der Waals surface area contributed by atoms with Crippen LogP contribution in [0, 0.1) is 0 Å². The van der Waals surface area contributed by atoms with Gasteiger partial charge in [-0.2, -0.15) is 0 Å². The lowest BCUT2D eigenvalue weighted by Crippen LogP contribution is -2.15. The number of anilines is 1. The summed E-state index contributed by atoms with van der Waals surface area (Å²) in [5.74, 6) is 0.639. The molecule has 0 bridgehead atoms. The molecule has 0 amide bonds. The van der Waals surface area contributed by atoms with Gasteiger partial charge in [0.25, 0.3) is 0 Å². The maximum Gasteiger partial charge on any atom is 0.335 e. The van der Waals surface area contributed by atoms with Crippen LogP contribution in [0.5, 0.6) is 11.5 Å². The highest BCUT2D eigenvalue weighted by Gasteiger charge is 2.12. The summed E-state index contributed by atoms with van der Waals surface area (Å²) < 4.78 is 15.2. The summed E-state index contributed by atoms with van der Waals surface area (Å²) in [5.41, 5.74) is 0.963. The fraction of sp³-hybridized carbons (Fsp3) is 0.357. The Labute approximate surface area is 123 Å². The summed E-state index contributed by atoms with van der Waals surface area (Å²) >= 11 is 6.05. The highest BCUT2D eigenvalue weighted by molar-refractivity contribution is 6.32. The molecule has 110 valence electrons. The summed E-state index contributed by atoms with van der Waals surface area (Å²) in [5, 5.41) is 3.47. The molecule has 0 heterocycles. The molecule has 5 nitrogen and oxygen atoms in total. The molecule has 0 spiro atoms. The third-order valence-corrected chi connectivity index (χ3v) is 2.83. The summed E-state index contributed by atoms with van der Waals surface area (Å²) in [4.78, 5) is 11.4. The Morgan fingerprint density at radius 3 is 2.50 bits per heavy atom. The van der Waals surface area contributed by atoms with Gasteiger partial charge in [-0.15, -0.1) is 0 Å². The highest BCUT2D eigenvalue weighted by Crippen LogP contribution is 2.35. The van der Waals surface area contributed by atoms with Crippen molar-refractivity contribution in [3.63, 3.8) is 0 Å². The molecule has 0 unspecified atom stereocenters. The fourth-order valence-corrected chi connectivity index (χ4v) is 1.75. The number of carbonyl (C=O) groups excluding carboxylic acids is 1. The smallest absolute Gasteiger partial charge is 0.335 e. The van der Waals surface area contributed by atoms with E-state index in [1.54, 1.807) is 19.1 Å². The Morgan fingerprint density at radius 1 is 1.30 bits per heavy atom. The van der Waals surface area contributed by atoms with Crippen molar-refractivity contribution < 1.29 is 19.0 Å². The molecule has 0 radical (unpaired) electrons. The van der Waals surface area contributed by atoms with E-state index in [-0.39, 0.29) is 6.54 Å². The van der Waals surface area contributed by atoms with Crippen molar-refractivity contribution in [1.82, 2.24) is 0 Å². The van der Waals surface area contributed by atoms with E-state index in [1.807, 2.05) is 0 Å². The summed E-state index contributed by atoms with van der Waals surface area (Å²) in [6, 6.07) is 3.33. The van der Waals surface area contributed by atoms with Gasteiger partial charge in [0, 0.05) is 18.2 Å². The van der Waals surface area contributed by atoms with Crippen LogP contribution >= 0.6 is 11.6 Å². The van der Waals surface area contributed by atoms with Crippen LogP contribution in [0.25, 0.3) is 0 Å². The van der Waals surface area contributed by atoms with Crippen molar-refractivity contribution in [3.8, 4) is 11.5 Å². The number of benzene rings is 1. The molecule has 0 aliphatic carbocycles. The van der Waals surface area contributed by atoms with Gasteiger partial charge in [-0.3, -0.25) is 0 Å². The molecule has 1 rings (SSSR count). The molecule has 0 aliphatic heterocycles. The van der Waals surface area contributed by atoms with E-state index < -0.39 is 5.97 Å². The second kappa shape index (κ2) is 7.65. The quantitative estimate of drug-likeness (QED) is 0.620. The zero-order chi connectivity index (χ0) is 15.1. The second-order valence-electron chi connectivity index (χ2n) is 3.86. The minimum atomic E-state index is -0.432. The molecule has 1 aromatic rings. The monoisotopic (exact) mass is 299 g/mol. The molecule has 6 heteroatoms. The number of hydrogen-bond acceptors (Lipinski definition) is 5. The lowest BCUT2D eigenvalue weighted by molar-refractivity contribution is -0.138. The maximum absolute atomic E-state index is 11.4. The number of esters is 1. The van der Waals surface area contributed by atoms with Crippen LogP contribution in [0.15, 0.2) is 24.3 Å². The van der Waals surface area contributed by atoms with E-state index in [2.05, 4.69) is 11.9 Å². The molecule has 1 aromatic carbocycles. The van der Waals surface area contributed by atoms with Crippen molar-refractivity contribution in [2.75, 3.05) is 32.7 Å². The zero-order valence-corrected chi connectivity index (χ0v) is 12.5. The molecule has 20 heavy (non-hydrogen) atoms. The minimum Gasteiger partial charge on any atom is -0.495 e. The second-order valence-corrected chi connectivity index (χ2v) is 4.27. The number of rotatable bonds is 7. The Kier molecular flexibility index (Phi) is 6.18. The maximum atomic E-state index is 11.4. The number of ether oxygens (including phenoxy) is 3. The standard InChI is InChI=1S/C14H18ClNO4/c1-5-20-14(17)9(2)8-16-11-6-10(15)12(18-3)7-13(11)19-4/h6-7,16H,2,5,8H2,1,3-4H3. The van der Waals surface area contributed by atoms with Crippen LogP contribution in [-0.4, -0.2) is 33.3 Å². The number of methoxy groups -OCH3 is 2. The van der Waals surface area contributed by atoms with Gasteiger partial charge in [-0.1, -0.05) is 18.2 Å². The van der Waals surface area contributed by atoms with Crippen LogP contribution in [0.4, 0.5) is 5.69 Å². The SMILES string of the molecule is C=C(CNc1cc(Cl)c(OC)cc1OC)C(=O)OCC. The van der Waals surface area contributed by atoms with E-state index in [9.17, 15) is 4.79 Å². The van der Waals surface area contributed by atoms with Gasteiger partial charge < -0.3 is 19.5 Å². The molecular weight excluding hydrogens is 282 g/mol. The van der Waals surface area contributed by atoms with Gasteiger partial charge in [0.15, 0.2) is 0 Å². The van der Waals surface area contributed by atoms with Gasteiger partial charge in [0.2, 0.25) is 0 Å². The first-order chi connectivity index (χ1) is 9.53. The van der Waals surface area contributed by atoms with E-state index in [0.717, 1.165) is 0 Å². The summed E-state index contributed by atoms with van der Waals surface area (Å²) in [6.07, 6.45) is 0. The molecule has 0 saturated carbocycles. The largest absolute Gasteiger partial charge is 0.495 e. The van der Waals surface area contributed by atoms with Gasteiger partial charge in [0.05, 0.1) is 31.5 Å². The molecule has 0 aromatic heterocycles. The van der Waals surface area contributed by atoms with Gasteiger partial charge in [0.1, 0.15) is 11.5 Å². The van der Waals surface area contributed by atoms with Crippen molar-refractivity contribution in [2.45, 2.75) is 6.92 Å². The topological polar surface area (TPSA) is 56.8 Å². The van der Waals surface area contributed by atoms with Crippen LogP contribution in [0.2, 0.25) is 5.02 Å². The predicted octanol–water partition coefficient (Wildman–Crippen LogP) is 2.89. The van der Waals surface area contributed by atoms with E-state index in [0.29, 0.717) is 34.4 Å². The van der Waals surface area contributed by atoms with Crippen LogP contribution in [0.3, 0.4) is 0 Å². The van der Waals surface area contributed by atoms with Crippen molar-refractivity contribution >= 4 is 23.3 Å². The van der Waals surface area contributed by atoms with E-state index in [1.165, 1.54) is 14.2 Å². The Bertz CT molecular complexity index is 502. The summed E-state index contributed by atoms with van der Waals surface area (Å²) in [7, 11) is 3.06. The van der Waals surface area contributed by atoms with Crippen LogP contribution in [0.1, 0.15) is 6.92 Å². The lowest BCUT2D eigenvalue weighted by atomic mass is 10.2. The summed E-state index contributed by atoms with van der Waals surface area (Å²) in [6.45, 7) is 5.95. The first-order valence-electron chi connectivity index (χ1n) is 6.03. The van der Waals surface area contributed by atoms with E-state index >= 15 is 0 Å². The average molecular weight is 300 g/mol. The molecule has 0 aliphatic rings. The molecule has 0 atom stereocenters. The first-order valence-corrected chi connectivity index (χ1v) is 6.41. The zero-order valence-electron chi connectivity index (χ0n) is 11.8. The minimum absolute atomic E-state index is 0.234. The third-order valence-electron chi connectivity index (χ3n) is 2.53. The van der Waals surface area contributed by atoms with Crippen LogP contribution < -0.4 is 14.8 Å². The van der Waals surface area contributed by atoms with Gasteiger partial charge in [-0.05, 0) is 13.0 Å². The number of hydrogen-bond donors (Lipinski definition) is 1. The molecule has 1 N–H and O–H groups in total. The van der Waals surface area contributed by atoms with Crippen molar-refractivity contribution in [2.24, 2.45) is 0 Å². The number of carbonyl (C=O) groups is 1. The third kappa shape index (κ3) is 4.06. The molecule has 0 saturated heterocycles. The molecular formula is C14H18ClNO4. The van der Waals surface area contributed by atoms with E-state index in [4.69, 9.17) is 25.8 Å². The number of nitrogens with one attached hydrogen (secondary N) is 1. The predicted molar refractivity (Wildman–Crippen MR) is 78.8 cm³/mol. The Hall–Kier alpha value is -1.88. The Morgan fingerprint density at radius 2 is 1.95 bits per heavy atom. The fourth-order valence-electron chi connectivity index (χ4n) is 1.51. The first kappa shape index (κ1) is 16.2. The van der Waals surface area contributed by atoms with Crippen molar-refractivity contribution in [3.05, 3.63) is 29.3 Å². The normalized spacial score (nSPS) is 9.80. The average Bonchev–Trinajstić information content (AvgIpc) is 2.44. The van der Waals surface area contributed by atoms with Gasteiger partial charge in [-0.25, -0.2) is 4.79 Å².